The number of fused-ring (bicyclic) bond motifs is 2. The van der Waals surface area contributed by atoms with Crippen LogP contribution in [0.1, 0.15) is 23.7 Å². The number of Topliss-reactive ketones (excluding diaryl/α,β-unsaturated/α-hetero) is 1. The standard InChI is InChI=1S/C11H11N2O2/c1-2-9-10(14)7-4-3-5-8(6-7)12-13-11(9)15/h4-6,9,12H,2H2,1H3,(H,13,15). The van der Waals surface area contributed by atoms with Gasteiger partial charge in [-0.1, -0.05) is 6.92 Å². The van der Waals surface area contributed by atoms with Crippen molar-refractivity contribution in [1.29, 1.82) is 0 Å². The summed E-state index contributed by atoms with van der Waals surface area (Å²) in [5.41, 5.74) is 6.43. The van der Waals surface area contributed by atoms with E-state index >= 15 is 0 Å². The first-order valence-electron chi connectivity index (χ1n) is 4.83. The minimum atomic E-state index is -0.610. The highest BCUT2D eigenvalue weighted by molar-refractivity contribution is 6.11. The number of carbonyl (C=O) groups excluding carboxylic acids is 2. The molecule has 1 aromatic carbocycles. The molecule has 1 atom stereocenters. The summed E-state index contributed by atoms with van der Waals surface area (Å²) in [5.74, 6) is -1.04. The minimum Gasteiger partial charge on any atom is -0.299 e. The molecule has 0 aliphatic carbocycles. The smallest absolute Gasteiger partial charge is 0.249 e. The fourth-order valence-corrected chi connectivity index (χ4v) is 1.60. The molecule has 1 aliphatic rings. The maximum Gasteiger partial charge on any atom is 0.249 e. The van der Waals surface area contributed by atoms with Crippen molar-refractivity contribution in [3.8, 4) is 0 Å². The highest BCUT2D eigenvalue weighted by Gasteiger charge is 2.27. The van der Waals surface area contributed by atoms with E-state index in [4.69, 9.17) is 0 Å². The summed E-state index contributed by atoms with van der Waals surface area (Å²) in [5, 5.41) is 0. The molecule has 1 aliphatic heterocycles. The zero-order chi connectivity index (χ0) is 10.8. The van der Waals surface area contributed by atoms with Crippen LogP contribution in [-0.2, 0) is 4.79 Å². The molecule has 1 heterocycles. The van der Waals surface area contributed by atoms with Crippen LogP contribution in [0.3, 0.4) is 0 Å². The van der Waals surface area contributed by atoms with Gasteiger partial charge in [0.25, 0.3) is 0 Å². The summed E-state index contributed by atoms with van der Waals surface area (Å²) in [7, 11) is 0. The molecule has 15 heavy (non-hydrogen) atoms. The Labute approximate surface area is 87.6 Å². The van der Waals surface area contributed by atoms with Gasteiger partial charge in [-0.15, -0.1) is 0 Å². The Morgan fingerprint density at radius 3 is 2.87 bits per heavy atom. The van der Waals surface area contributed by atoms with Crippen molar-refractivity contribution < 1.29 is 9.59 Å². The molecule has 4 heteroatoms. The van der Waals surface area contributed by atoms with Gasteiger partial charge in [0.2, 0.25) is 5.91 Å². The van der Waals surface area contributed by atoms with Crippen molar-refractivity contribution in [2.75, 3.05) is 5.43 Å². The number of hydrogen-bond acceptors (Lipinski definition) is 3. The quantitative estimate of drug-likeness (QED) is 0.673. The average molecular weight is 203 g/mol. The highest BCUT2D eigenvalue weighted by Crippen LogP contribution is 2.18. The topological polar surface area (TPSA) is 58.2 Å². The predicted molar refractivity (Wildman–Crippen MR) is 55.2 cm³/mol. The van der Waals surface area contributed by atoms with Gasteiger partial charge < -0.3 is 0 Å². The first-order valence-corrected chi connectivity index (χ1v) is 4.83. The van der Waals surface area contributed by atoms with Crippen molar-refractivity contribution in [3.05, 3.63) is 29.8 Å². The molecule has 2 rings (SSSR count). The van der Waals surface area contributed by atoms with E-state index in [9.17, 15) is 9.59 Å². The molecule has 1 aromatic rings. The van der Waals surface area contributed by atoms with E-state index in [1.54, 1.807) is 18.2 Å². The molecule has 0 spiro atoms. The Kier molecular flexibility index (Phi) is 2.41. The van der Waals surface area contributed by atoms with E-state index in [1.165, 1.54) is 0 Å². The molecular weight excluding hydrogens is 192 g/mol. The molecule has 1 amide bonds. The van der Waals surface area contributed by atoms with Crippen molar-refractivity contribution in [2.24, 2.45) is 5.92 Å². The molecule has 1 unspecified atom stereocenters. The maximum atomic E-state index is 11.9. The number of nitrogens with one attached hydrogen (secondary N) is 2. The summed E-state index contributed by atoms with van der Waals surface area (Å²) in [6.07, 6.45) is 0.497. The summed E-state index contributed by atoms with van der Waals surface area (Å²) in [4.78, 5) is 23.5. The van der Waals surface area contributed by atoms with Gasteiger partial charge in [-0.3, -0.25) is 20.4 Å². The van der Waals surface area contributed by atoms with Crippen LogP contribution in [0.15, 0.2) is 18.2 Å². The molecule has 2 N–H and O–H groups in total. The number of carbonyl (C=O) groups is 2. The van der Waals surface area contributed by atoms with Gasteiger partial charge in [0.15, 0.2) is 5.78 Å². The number of rotatable bonds is 1. The third-order valence-corrected chi connectivity index (χ3v) is 2.44. The Bertz CT molecular complexity index is 415. The minimum absolute atomic E-state index is 0.144. The number of ketones is 1. The number of benzene rings is 1. The maximum absolute atomic E-state index is 11.9. The highest BCUT2D eigenvalue weighted by atomic mass is 16.2. The van der Waals surface area contributed by atoms with Gasteiger partial charge in [0.05, 0.1) is 5.69 Å². The second-order valence-corrected chi connectivity index (χ2v) is 3.45. The van der Waals surface area contributed by atoms with Crippen LogP contribution >= 0.6 is 0 Å². The van der Waals surface area contributed by atoms with Crippen LogP contribution in [0.25, 0.3) is 0 Å². The van der Waals surface area contributed by atoms with Crippen molar-refractivity contribution in [1.82, 2.24) is 5.43 Å². The van der Waals surface area contributed by atoms with Gasteiger partial charge in [-0.2, -0.15) is 0 Å². The first kappa shape index (κ1) is 9.71. The summed E-state index contributed by atoms with van der Waals surface area (Å²) in [6.45, 7) is 1.82. The fourth-order valence-electron chi connectivity index (χ4n) is 1.60. The molecule has 0 saturated carbocycles. The Morgan fingerprint density at radius 1 is 1.33 bits per heavy atom. The molecule has 2 bridgehead atoms. The molecule has 77 valence electrons. The van der Waals surface area contributed by atoms with Gasteiger partial charge >= 0.3 is 0 Å². The van der Waals surface area contributed by atoms with Crippen LogP contribution in [0.4, 0.5) is 5.69 Å². The van der Waals surface area contributed by atoms with Crippen LogP contribution in [0.2, 0.25) is 0 Å². The van der Waals surface area contributed by atoms with Crippen molar-refractivity contribution in [2.45, 2.75) is 13.3 Å². The van der Waals surface area contributed by atoms with E-state index < -0.39 is 5.92 Å². The van der Waals surface area contributed by atoms with Gasteiger partial charge in [-0.25, -0.2) is 0 Å². The van der Waals surface area contributed by atoms with Crippen LogP contribution in [0, 0.1) is 12.0 Å². The predicted octanol–water partition coefficient (Wildman–Crippen LogP) is 1.15. The van der Waals surface area contributed by atoms with Gasteiger partial charge in [0, 0.05) is 5.56 Å². The Hall–Kier alpha value is -1.84. The number of amides is 1. The average Bonchev–Trinajstić information content (AvgIpc) is 2.26. The summed E-state index contributed by atoms with van der Waals surface area (Å²) >= 11 is 0. The second kappa shape index (κ2) is 3.73. The zero-order valence-corrected chi connectivity index (χ0v) is 8.33. The van der Waals surface area contributed by atoms with Crippen molar-refractivity contribution >= 4 is 17.4 Å². The molecule has 1 radical (unpaired) electrons. The normalized spacial score (nSPS) is 19.9. The molecular formula is C11H11N2O2. The fraction of sp³-hybridized carbons (Fsp3) is 0.273. The Balaban J connectivity index is 2.44. The van der Waals surface area contributed by atoms with Crippen LogP contribution in [0.5, 0.6) is 0 Å². The third kappa shape index (κ3) is 1.70. The lowest BCUT2D eigenvalue weighted by Crippen LogP contribution is -2.39. The van der Waals surface area contributed by atoms with Gasteiger partial charge in [-0.05, 0) is 30.7 Å². The molecule has 0 aromatic heterocycles. The van der Waals surface area contributed by atoms with E-state index in [1.807, 2.05) is 6.92 Å². The lowest BCUT2D eigenvalue weighted by atomic mass is 9.94. The number of anilines is 1. The van der Waals surface area contributed by atoms with E-state index in [-0.39, 0.29) is 11.7 Å². The van der Waals surface area contributed by atoms with Crippen LogP contribution < -0.4 is 10.9 Å². The molecule has 0 saturated heterocycles. The second-order valence-electron chi connectivity index (χ2n) is 3.45. The van der Waals surface area contributed by atoms with E-state index in [0.29, 0.717) is 17.7 Å². The zero-order valence-electron chi connectivity index (χ0n) is 8.33. The number of hydrazine groups is 1. The Morgan fingerprint density at radius 2 is 2.13 bits per heavy atom. The number of hydrogen-bond donors (Lipinski definition) is 2. The molecule has 4 nitrogen and oxygen atoms in total. The SMILES string of the molecule is CCC1C(=O)NNc2c[c]cc(c2)C1=O. The lowest BCUT2D eigenvalue weighted by molar-refractivity contribution is -0.123. The third-order valence-electron chi connectivity index (χ3n) is 2.44. The van der Waals surface area contributed by atoms with Crippen molar-refractivity contribution in [3.63, 3.8) is 0 Å². The van der Waals surface area contributed by atoms with Gasteiger partial charge in [0.1, 0.15) is 5.92 Å². The largest absolute Gasteiger partial charge is 0.299 e. The first-order chi connectivity index (χ1) is 7.22. The summed E-state index contributed by atoms with van der Waals surface area (Å²) in [6, 6.07) is 7.84. The van der Waals surface area contributed by atoms with Crippen LogP contribution in [-0.4, -0.2) is 11.7 Å². The monoisotopic (exact) mass is 203 g/mol. The lowest BCUT2D eigenvalue weighted by Gasteiger charge is -2.18. The van der Waals surface area contributed by atoms with E-state index in [0.717, 1.165) is 0 Å². The van der Waals surface area contributed by atoms with E-state index in [2.05, 4.69) is 16.9 Å². The molecule has 0 fully saturated rings. The summed E-state index contributed by atoms with van der Waals surface area (Å²) < 4.78 is 0.